The summed E-state index contributed by atoms with van der Waals surface area (Å²) < 4.78 is 7.99. The van der Waals surface area contributed by atoms with Crippen molar-refractivity contribution in [1.82, 2.24) is 19.7 Å². The van der Waals surface area contributed by atoms with E-state index in [9.17, 15) is 4.79 Å². The minimum atomic E-state index is 0.00116. The molecule has 7 nitrogen and oxygen atoms in total. The smallest absolute Gasteiger partial charge is 0.257 e. The Bertz CT molecular complexity index is 812. The van der Waals surface area contributed by atoms with Gasteiger partial charge in [0.25, 0.3) is 5.91 Å². The third-order valence-electron chi connectivity index (χ3n) is 5.35. The molecule has 2 aliphatic rings. The third kappa shape index (κ3) is 3.63. The van der Waals surface area contributed by atoms with E-state index in [4.69, 9.17) is 4.74 Å². The van der Waals surface area contributed by atoms with Crippen molar-refractivity contribution < 1.29 is 9.53 Å². The maximum absolute atomic E-state index is 12.9. The molecule has 27 heavy (non-hydrogen) atoms. The van der Waals surface area contributed by atoms with Crippen molar-refractivity contribution in [1.29, 1.82) is 0 Å². The fraction of sp³-hybridized carbons (Fsp3) is 0.550. The highest BCUT2D eigenvalue weighted by Gasteiger charge is 2.31. The summed E-state index contributed by atoms with van der Waals surface area (Å²) in [7, 11) is 1.86. The first-order valence-electron chi connectivity index (χ1n) is 9.84. The van der Waals surface area contributed by atoms with Gasteiger partial charge in [-0.1, -0.05) is 6.92 Å². The molecular formula is C20H27N5O2. The molecule has 0 bridgehead atoms. The van der Waals surface area contributed by atoms with Gasteiger partial charge in [0, 0.05) is 45.5 Å². The van der Waals surface area contributed by atoms with Crippen LogP contribution in [0.3, 0.4) is 0 Å². The lowest BCUT2D eigenvalue weighted by atomic mass is 10.2. The van der Waals surface area contributed by atoms with Crippen molar-refractivity contribution in [3.05, 3.63) is 35.8 Å². The number of carbonyl (C=O) groups excluding carboxylic acids is 1. The maximum atomic E-state index is 12.9. The van der Waals surface area contributed by atoms with Gasteiger partial charge in [-0.2, -0.15) is 5.10 Å². The summed E-state index contributed by atoms with van der Waals surface area (Å²) in [6.45, 7) is 5.40. The standard InChI is InChI=1S/C20H27N5O2/c1-3-17-16(14-23(2)22-17)20(26)25-12-8-15(13-25)27-18-7-6-9-21-19(18)24-10-4-5-11-24/h6-7,9,14-15H,3-5,8,10-13H2,1-2H3. The fourth-order valence-electron chi connectivity index (χ4n) is 3.97. The number of hydrogen-bond acceptors (Lipinski definition) is 5. The normalized spacial score (nSPS) is 19.7. The van der Waals surface area contributed by atoms with Crippen LogP contribution < -0.4 is 9.64 Å². The number of carbonyl (C=O) groups is 1. The molecule has 1 atom stereocenters. The van der Waals surface area contributed by atoms with E-state index in [1.165, 1.54) is 12.8 Å². The van der Waals surface area contributed by atoms with Crippen molar-refractivity contribution in [3.8, 4) is 5.75 Å². The van der Waals surface area contributed by atoms with Crippen molar-refractivity contribution in [2.75, 3.05) is 31.1 Å². The van der Waals surface area contributed by atoms with Crippen LogP contribution in [0.25, 0.3) is 0 Å². The number of amides is 1. The zero-order valence-corrected chi connectivity index (χ0v) is 16.1. The van der Waals surface area contributed by atoms with E-state index < -0.39 is 0 Å². The van der Waals surface area contributed by atoms with Crippen LogP contribution >= 0.6 is 0 Å². The third-order valence-corrected chi connectivity index (χ3v) is 5.35. The number of anilines is 1. The Morgan fingerprint density at radius 2 is 2.11 bits per heavy atom. The predicted octanol–water partition coefficient (Wildman–Crippen LogP) is 2.27. The van der Waals surface area contributed by atoms with Gasteiger partial charge < -0.3 is 14.5 Å². The first-order chi connectivity index (χ1) is 13.2. The lowest BCUT2D eigenvalue weighted by molar-refractivity contribution is 0.0771. The van der Waals surface area contributed by atoms with Crippen LogP contribution in [0.15, 0.2) is 24.5 Å². The lowest BCUT2D eigenvalue weighted by Gasteiger charge is -2.22. The minimum Gasteiger partial charge on any atom is -0.485 e. The number of hydrogen-bond donors (Lipinski definition) is 0. The quantitative estimate of drug-likeness (QED) is 0.809. The maximum Gasteiger partial charge on any atom is 0.257 e. The molecule has 1 unspecified atom stereocenters. The second kappa shape index (κ2) is 7.58. The number of ether oxygens (including phenoxy) is 1. The summed E-state index contributed by atoms with van der Waals surface area (Å²) in [6, 6.07) is 3.90. The van der Waals surface area contributed by atoms with E-state index in [1.807, 2.05) is 43.4 Å². The molecule has 2 saturated heterocycles. The SMILES string of the molecule is CCc1nn(C)cc1C(=O)N1CCC(Oc2cccnc2N2CCCC2)C1. The largest absolute Gasteiger partial charge is 0.485 e. The van der Waals surface area contributed by atoms with E-state index in [0.29, 0.717) is 18.7 Å². The van der Waals surface area contributed by atoms with Gasteiger partial charge in [-0.25, -0.2) is 4.98 Å². The molecule has 0 spiro atoms. The monoisotopic (exact) mass is 369 g/mol. The van der Waals surface area contributed by atoms with Crippen molar-refractivity contribution >= 4 is 11.7 Å². The first-order valence-corrected chi connectivity index (χ1v) is 9.84. The number of likely N-dealkylation sites (tertiary alicyclic amines) is 1. The lowest BCUT2D eigenvalue weighted by Crippen LogP contribution is -2.31. The summed E-state index contributed by atoms with van der Waals surface area (Å²) >= 11 is 0. The average molecular weight is 369 g/mol. The summed E-state index contributed by atoms with van der Waals surface area (Å²) in [5.41, 5.74) is 1.57. The number of nitrogens with zero attached hydrogens (tertiary/aromatic N) is 5. The molecule has 7 heteroatoms. The van der Waals surface area contributed by atoms with Crippen LogP contribution in [0.2, 0.25) is 0 Å². The number of aromatic nitrogens is 3. The molecule has 2 fully saturated rings. The Hall–Kier alpha value is -2.57. The second-order valence-corrected chi connectivity index (χ2v) is 7.32. The Kier molecular flexibility index (Phi) is 5.01. The van der Waals surface area contributed by atoms with Crippen LogP contribution in [-0.2, 0) is 13.5 Å². The fourth-order valence-corrected chi connectivity index (χ4v) is 3.97. The molecule has 2 aliphatic heterocycles. The molecule has 2 aromatic heterocycles. The Morgan fingerprint density at radius 1 is 1.30 bits per heavy atom. The molecule has 144 valence electrons. The molecule has 0 aliphatic carbocycles. The van der Waals surface area contributed by atoms with Gasteiger partial charge in [-0.3, -0.25) is 9.48 Å². The highest BCUT2D eigenvalue weighted by Crippen LogP contribution is 2.30. The minimum absolute atomic E-state index is 0.00116. The average Bonchev–Trinajstić information content (AvgIpc) is 3.42. The summed E-state index contributed by atoms with van der Waals surface area (Å²) in [5.74, 6) is 1.81. The zero-order valence-electron chi connectivity index (χ0n) is 16.1. The predicted molar refractivity (Wildman–Crippen MR) is 103 cm³/mol. The van der Waals surface area contributed by atoms with Crippen molar-refractivity contribution in [2.45, 2.75) is 38.7 Å². The molecule has 2 aromatic rings. The van der Waals surface area contributed by atoms with Gasteiger partial charge in [0.15, 0.2) is 11.6 Å². The molecule has 0 N–H and O–H groups in total. The molecule has 4 rings (SSSR count). The van der Waals surface area contributed by atoms with Crippen LogP contribution in [0.1, 0.15) is 42.2 Å². The molecule has 1 amide bonds. The van der Waals surface area contributed by atoms with E-state index in [0.717, 1.165) is 43.2 Å². The van der Waals surface area contributed by atoms with Gasteiger partial charge in [0.05, 0.1) is 17.8 Å². The van der Waals surface area contributed by atoms with Crippen LogP contribution in [-0.4, -0.2) is 57.9 Å². The number of rotatable bonds is 5. The van der Waals surface area contributed by atoms with E-state index in [2.05, 4.69) is 15.0 Å². The van der Waals surface area contributed by atoms with Crippen LogP contribution in [0, 0.1) is 0 Å². The summed E-state index contributed by atoms with van der Waals surface area (Å²) in [6.07, 6.45) is 7.63. The summed E-state index contributed by atoms with van der Waals surface area (Å²) in [4.78, 5) is 21.6. The number of aryl methyl sites for hydroxylation is 2. The highest BCUT2D eigenvalue weighted by atomic mass is 16.5. The van der Waals surface area contributed by atoms with Crippen molar-refractivity contribution in [3.63, 3.8) is 0 Å². The Labute approximate surface area is 159 Å². The van der Waals surface area contributed by atoms with Crippen LogP contribution in [0.5, 0.6) is 5.75 Å². The number of pyridine rings is 1. The zero-order chi connectivity index (χ0) is 18.8. The first kappa shape index (κ1) is 17.8. The molecule has 0 saturated carbocycles. The second-order valence-electron chi connectivity index (χ2n) is 7.32. The van der Waals surface area contributed by atoms with Crippen molar-refractivity contribution in [2.24, 2.45) is 7.05 Å². The highest BCUT2D eigenvalue weighted by molar-refractivity contribution is 5.95. The van der Waals surface area contributed by atoms with Gasteiger partial charge in [-0.05, 0) is 31.4 Å². The van der Waals surface area contributed by atoms with Gasteiger partial charge in [-0.15, -0.1) is 0 Å². The van der Waals surface area contributed by atoms with Gasteiger partial charge in [0.2, 0.25) is 0 Å². The Balaban J connectivity index is 1.44. The Morgan fingerprint density at radius 3 is 2.89 bits per heavy atom. The molecule has 0 radical (unpaired) electrons. The molecular weight excluding hydrogens is 342 g/mol. The van der Waals surface area contributed by atoms with E-state index in [-0.39, 0.29) is 12.0 Å². The van der Waals surface area contributed by atoms with Gasteiger partial charge >= 0.3 is 0 Å². The topological polar surface area (TPSA) is 63.5 Å². The molecule has 4 heterocycles. The van der Waals surface area contributed by atoms with Gasteiger partial charge in [0.1, 0.15) is 6.10 Å². The van der Waals surface area contributed by atoms with E-state index in [1.54, 1.807) is 4.68 Å². The summed E-state index contributed by atoms with van der Waals surface area (Å²) in [5, 5.41) is 4.39. The van der Waals surface area contributed by atoms with E-state index >= 15 is 0 Å². The van der Waals surface area contributed by atoms with Crippen LogP contribution in [0.4, 0.5) is 5.82 Å². The molecule has 0 aromatic carbocycles.